The van der Waals surface area contributed by atoms with Crippen molar-refractivity contribution in [1.29, 1.82) is 0 Å². The van der Waals surface area contributed by atoms with E-state index in [1.165, 1.54) is 17.7 Å². The molecule has 3 aliphatic rings. The molecule has 0 bridgehead atoms. The molecule has 2 saturated heterocycles. The second kappa shape index (κ2) is 7.04. The van der Waals surface area contributed by atoms with Crippen molar-refractivity contribution in [3.63, 3.8) is 0 Å². The number of phenols is 1. The zero-order chi connectivity index (χ0) is 22.8. The van der Waals surface area contributed by atoms with Crippen LogP contribution in [0.4, 0.5) is 14.5 Å². The van der Waals surface area contributed by atoms with Crippen LogP contribution in [0.3, 0.4) is 0 Å². The maximum atomic E-state index is 13.7. The maximum absolute atomic E-state index is 13.7. The van der Waals surface area contributed by atoms with Gasteiger partial charge in [-0.3, -0.25) is 0 Å². The Bertz CT molecular complexity index is 1170. The molecule has 3 nitrogen and oxygen atoms in total. The minimum absolute atomic E-state index is 0.121. The molecule has 3 aromatic rings. The van der Waals surface area contributed by atoms with E-state index in [1.54, 1.807) is 24.3 Å². The van der Waals surface area contributed by atoms with E-state index in [1.807, 2.05) is 36.4 Å². The van der Waals surface area contributed by atoms with Crippen molar-refractivity contribution < 1.29 is 18.6 Å². The number of phenolic OH excluding ortho intramolecular Hbond substituents is 1. The summed E-state index contributed by atoms with van der Waals surface area (Å²) in [5.41, 5.74) is 2.62. The highest BCUT2D eigenvalue weighted by Crippen LogP contribution is 2.66. The first-order chi connectivity index (χ1) is 15.9. The van der Waals surface area contributed by atoms with E-state index < -0.39 is 0 Å². The summed E-state index contributed by atoms with van der Waals surface area (Å²) < 4.78 is 33.3. The molecule has 1 N–H and O–H groups in total. The molecule has 0 aromatic heterocycles. The van der Waals surface area contributed by atoms with Gasteiger partial charge in [0.15, 0.2) is 5.72 Å². The minimum atomic E-state index is -0.386. The third-order valence-electron chi connectivity index (χ3n) is 8.26. The summed E-state index contributed by atoms with van der Waals surface area (Å²) in [5, 5.41) is 9.86. The van der Waals surface area contributed by atoms with Crippen molar-refractivity contribution in [2.45, 2.75) is 49.3 Å². The van der Waals surface area contributed by atoms with Gasteiger partial charge in [0.25, 0.3) is 0 Å². The predicted octanol–water partition coefficient (Wildman–Crippen LogP) is 6.26. The number of rotatable bonds is 6. The molecule has 6 rings (SSSR count). The van der Waals surface area contributed by atoms with E-state index in [2.05, 4.69) is 11.8 Å². The van der Waals surface area contributed by atoms with Gasteiger partial charge in [-0.05, 0) is 97.7 Å². The standard InChI is InChI=1S/C28H27F2NO2/c1-26(19-4-12-24(32)13-5-19)25(14-15-27(16-17-27)20-2-6-21(29)7-3-20)28(18-33-28)31(26)23-10-8-22(30)9-11-23/h2-13,25,32H,14-18H2,1H3/t25-,26-,28?/m1/s1. The molecule has 2 aliphatic heterocycles. The van der Waals surface area contributed by atoms with Crippen LogP contribution < -0.4 is 4.90 Å². The van der Waals surface area contributed by atoms with Gasteiger partial charge in [0.1, 0.15) is 17.4 Å². The summed E-state index contributed by atoms with van der Waals surface area (Å²) in [5.74, 6) is 0.00585. The SMILES string of the molecule is C[C@@]1(c2ccc(O)cc2)[C@@H](CCC2(c3ccc(F)cc3)CC2)C2(CO2)N1c1ccc(F)cc1. The summed E-state index contributed by atoms with van der Waals surface area (Å²) in [6.07, 6.45) is 4.22. The quantitative estimate of drug-likeness (QED) is 0.453. The fraction of sp³-hybridized carbons (Fsp3) is 0.357. The molecule has 3 aromatic carbocycles. The average molecular weight is 448 g/mol. The highest BCUT2D eigenvalue weighted by atomic mass is 19.1. The summed E-state index contributed by atoms with van der Waals surface area (Å²) in [7, 11) is 0. The van der Waals surface area contributed by atoms with Crippen LogP contribution in [-0.2, 0) is 15.7 Å². The lowest BCUT2D eigenvalue weighted by Crippen LogP contribution is -2.73. The monoisotopic (exact) mass is 447 g/mol. The normalized spacial score (nSPS) is 29.1. The molecule has 0 amide bonds. The first-order valence-electron chi connectivity index (χ1n) is 11.6. The molecule has 1 saturated carbocycles. The zero-order valence-corrected chi connectivity index (χ0v) is 18.6. The van der Waals surface area contributed by atoms with E-state index >= 15 is 0 Å². The minimum Gasteiger partial charge on any atom is -0.508 e. The third-order valence-corrected chi connectivity index (χ3v) is 8.26. The van der Waals surface area contributed by atoms with Crippen LogP contribution in [0, 0.1) is 17.6 Å². The number of benzene rings is 3. The number of hydrogen-bond donors (Lipinski definition) is 1. The van der Waals surface area contributed by atoms with E-state index in [4.69, 9.17) is 4.74 Å². The fourth-order valence-corrected chi connectivity index (χ4v) is 6.25. The summed E-state index contributed by atoms with van der Waals surface area (Å²) in [4.78, 5) is 2.29. The van der Waals surface area contributed by atoms with Crippen LogP contribution in [0.1, 0.15) is 43.7 Å². The number of anilines is 1. The Morgan fingerprint density at radius 1 is 0.879 bits per heavy atom. The Hall–Kier alpha value is -2.92. The number of epoxide rings is 1. The molecule has 33 heavy (non-hydrogen) atoms. The van der Waals surface area contributed by atoms with Crippen LogP contribution >= 0.6 is 0 Å². The number of nitrogens with zero attached hydrogens (tertiary/aromatic N) is 1. The fourth-order valence-electron chi connectivity index (χ4n) is 6.25. The van der Waals surface area contributed by atoms with Gasteiger partial charge < -0.3 is 14.7 Å². The van der Waals surface area contributed by atoms with Gasteiger partial charge >= 0.3 is 0 Å². The molecular formula is C28H27F2NO2. The topological polar surface area (TPSA) is 36.0 Å². The summed E-state index contributed by atoms with van der Waals surface area (Å²) in [6.45, 7) is 2.87. The molecular weight excluding hydrogens is 420 g/mol. The maximum Gasteiger partial charge on any atom is 0.171 e. The molecule has 170 valence electrons. The average Bonchev–Trinajstić information content (AvgIpc) is 3.73. The number of hydrogen-bond acceptors (Lipinski definition) is 3. The highest BCUT2D eigenvalue weighted by molar-refractivity contribution is 5.61. The molecule has 1 aliphatic carbocycles. The van der Waals surface area contributed by atoms with E-state index in [-0.39, 0.29) is 40.0 Å². The van der Waals surface area contributed by atoms with Gasteiger partial charge in [-0.2, -0.15) is 0 Å². The van der Waals surface area contributed by atoms with Crippen LogP contribution in [0.25, 0.3) is 0 Å². The Balaban J connectivity index is 1.34. The van der Waals surface area contributed by atoms with Crippen molar-refractivity contribution in [1.82, 2.24) is 0 Å². The molecule has 1 unspecified atom stereocenters. The Morgan fingerprint density at radius 3 is 1.97 bits per heavy atom. The highest BCUT2D eigenvalue weighted by Gasteiger charge is 2.75. The second-order valence-electron chi connectivity index (χ2n) is 10.0. The Kier molecular flexibility index (Phi) is 4.41. The first kappa shape index (κ1) is 20.7. The summed E-state index contributed by atoms with van der Waals surface area (Å²) >= 11 is 0. The van der Waals surface area contributed by atoms with Gasteiger partial charge in [-0.15, -0.1) is 0 Å². The van der Waals surface area contributed by atoms with Gasteiger partial charge in [0.05, 0.1) is 12.1 Å². The molecule has 3 atom stereocenters. The van der Waals surface area contributed by atoms with E-state index in [9.17, 15) is 13.9 Å². The number of halogens is 2. The lowest BCUT2D eigenvalue weighted by Gasteiger charge is -2.63. The predicted molar refractivity (Wildman–Crippen MR) is 123 cm³/mol. The van der Waals surface area contributed by atoms with Crippen molar-refractivity contribution >= 4 is 5.69 Å². The van der Waals surface area contributed by atoms with Gasteiger partial charge in [-0.1, -0.05) is 24.3 Å². The van der Waals surface area contributed by atoms with Crippen molar-refractivity contribution in [3.05, 3.63) is 95.6 Å². The lowest BCUT2D eigenvalue weighted by molar-refractivity contribution is 0.00350. The van der Waals surface area contributed by atoms with Gasteiger partial charge in [-0.25, -0.2) is 8.78 Å². The third kappa shape index (κ3) is 3.09. The van der Waals surface area contributed by atoms with Crippen LogP contribution in [0.5, 0.6) is 5.75 Å². The van der Waals surface area contributed by atoms with E-state index in [0.29, 0.717) is 6.61 Å². The zero-order valence-electron chi connectivity index (χ0n) is 18.6. The Labute approximate surface area is 192 Å². The summed E-state index contributed by atoms with van der Waals surface area (Å²) in [6, 6.07) is 21.0. The molecule has 1 spiro atoms. The molecule has 2 heterocycles. The van der Waals surface area contributed by atoms with Crippen molar-refractivity contribution in [3.8, 4) is 5.75 Å². The van der Waals surface area contributed by atoms with E-state index in [0.717, 1.165) is 36.9 Å². The smallest absolute Gasteiger partial charge is 0.171 e. The molecule has 3 fully saturated rings. The van der Waals surface area contributed by atoms with Crippen LogP contribution in [-0.4, -0.2) is 17.4 Å². The van der Waals surface area contributed by atoms with Crippen molar-refractivity contribution in [2.75, 3.05) is 11.5 Å². The second-order valence-corrected chi connectivity index (χ2v) is 10.0. The number of ether oxygens (including phenoxy) is 1. The molecule has 5 heteroatoms. The molecule has 0 radical (unpaired) electrons. The largest absolute Gasteiger partial charge is 0.508 e. The van der Waals surface area contributed by atoms with Gasteiger partial charge in [0, 0.05) is 11.6 Å². The Morgan fingerprint density at radius 2 is 1.42 bits per heavy atom. The van der Waals surface area contributed by atoms with Crippen LogP contribution in [0.15, 0.2) is 72.8 Å². The lowest BCUT2D eigenvalue weighted by atomic mass is 9.62. The van der Waals surface area contributed by atoms with Gasteiger partial charge in [0.2, 0.25) is 0 Å². The van der Waals surface area contributed by atoms with Crippen LogP contribution in [0.2, 0.25) is 0 Å². The van der Waals surface area contributed by atoms with Crippen molar-refractivity contribution in [2.24, 2.45) is 5.92 Å². The number of aromatic hydroxyl groups is 1. The first-order valence-corrected chi connectivity index (χ1v) is 11.6.